The van der Waals surface area contributed by atoms with Crippen LogP contribution in [-0.4, -0.2) is 34.5 Å². The lowest BCUT2D eigenvalue weighted by atomic mass is 9.81. The number of carboxylic acid groups (broad SMARTS) is 1. The standard InChI is InChI=1S/C17H29NO3/c1-3-5-12(2)15-6-4-11-18(15)16(19)13-7-9-14(10-8-13)17(20)21/h12-15H,3-11H2,1-2H3,(H,20,21). The minimum Gasteiger partial charge on any atom is -0.481 e. The Morgan fingerprint density at radius 2 is 1.76 bits per heavy atom. The van der Waals surface area contributed by atoms with E-state index in [1.54, 1.807) is 0 Å². The number of hydrogen-bond donors (Lipinski definition) is 1. The molecule has 2 atom stereocenters. The average molecular weight is 295 g/mol. The third-order valence-electron chi connectivity index (χ3n) is 5.41. The number of amides is 1. The third-order valence-corrected chi connectivity index (χ3v) is 5.41. The molecule has 0 aromatic heterocycles. The Morgan fingerprint density at radius 3 is 2.33 bits per heavy atom. The van der Waals surface area contributed by atoms with Crippen LogP contribution in [0.5, 0.6) is 0 Å². The average Bonchev–Trinajstić information content (AvgIpc) is 2.96. The molecule has 1 N–H and O–H groups in total. The van der Waals surface area contributed by atoms with Gasteiger partial charge in [-0.3, -0.25) is 9.59 Å². The normalized spacial score (nSPS) is 31.1. The molecule has 0 spiro atoms. The number of hydrogen-bond acceptors (Lipinski definition) is 2. The number of rotatable bonds is 5. The molecule has 120 valence electrons. The van der Waals surface area contributed by atoms with Crippen LogP contribution in [0, 0.1) is 17.8 Å². The number of carbonyl (C=O) groups excluding carboxylic acids is 1. The molecule has 1 heterocycles. The van der Waals surface area contributed by atoms with E-state index in [4.69, 9.17) is 5.11 Å². The van der Waals surface area contributed by atoms with E-state index < -0.39 is 5.97 Å². The van der Waals surface area contributed by atoms with Crippen LogP contribution in [0.2, 0.25) is 0 Å². The molecule has 2 unspecified atom stereocenters. The largest absolute Gasteiger partial charge is 0.481 e. The van der Waals surface area contributed by atoms with Crippen LogP contribution in [0.1, 0.15) is 65.2 Å². The molecule has 0 aromatic rings. The van der Waals surface area contributed by atoms with Crippen LogP contribution < -0.4 is 0 Å². The fourth-order valence-electron chi connectivity index (χ4n) is 4.13. The summed E-state index contributed by atoms with van der Waals surface area (Å²) in [6.07, 6.45) is 7.43. The van der Waals surface area contributed by atoms with Gasteiger partial charge in [-0.1, -0.05) is 20.3 Å². The molecule has 1 aliphatic carbocycles. The maximum Gasteiger partial charge on any atom is 0.306 e. The highest BCUT2D eigenvalue weighted by Crippen LogP contribution is 2.34. The van der Waals surface area contributed by atoms with E-state index in [1.807, 2.05) is 0 Å². The number of carbonyl (C=O) groups is 2. The SMILES string of the molecule is CCCC(C)C1CCCN1C(=O)C1CCC(C(=O)O)CC1. The lowest BCUT2D eigenvalue weighted by molar-refractivity contribution is -0.146. The van der Waals surface area contributed by atoms with Gasteiger partial charge in [0.15, 0.2) is 0 Å². The molecule has 0 aromatic carbocycles. The summed E-state index contributed by atoms with van der Waals surface area (Å²) in [6.45, 7) is 5.36. The zero-order chi connectivity index (χ0) is 15.4. The molecule has 1 saturated carbocycles. The molecule has 1 amide bonds. The van der Waals surface area contributed by atoms with Gasteiger partial charge in [0.05, 0.1) is 5.92 Å². The highest BCUT2D eigenvalue weighted by Gasteiger charge is 2.37. The number of carboxylic acids is 1. The molecule has 4 nitrogen and oxygen atoms in total. The van der Waals surface area contributed by atoms with Crippen LogP contribution in [0.15, 0.2) is 0 Å². The zero-order valence-corrected chi connectivity index (χ0v) is 13.4. The Bertz CT molecular complexity index is 374. The Morgan fingerprint density at radius 1 is 1.14 bits per heavy atom. The zero-order valence-electron chi connectivity index (χ0n) is 13.4. The van der Waals surface area contributed by atoms with Crippen molar-refractivity contribution in [1.29, 1.82) is 0 Å². The van der Waals surface area contributed by atoms with Gasteiger partial charge < -0.3 is 10.0 Å². The van der Waals surface area contributed by atoms with Crippen molar-refractivity contribution < 1.29 is 14.7 Å². The first-order chi connectivity index (χ1) is 10.0. The van der Waals surface area contributed by atoms with Crippen molar-refractivity contribution in [1.82, 2.24) is 4.90 Å². The van der Waals surface area contributed by atoms with Crippen LogP contribution >= 0.6 is 0 Å². The topological polar surface area (TPSA) is 57.6 Å². The summed E-state index contributed by atoms with van der Waals surface area (Å²) < 4.78 is 0. The van der Waals surface area contributed by atoms with Crippen molar-refractivity contribution in [3.05, 3.63) is 0 Å². The van der Waals surface area contributed by atoms with Crippen molar-refractivity contribution in [3.63, 3.8) is 0 Å². The molecule has 0 bridgehead atoms. The highest BCUT2D eigenvalue weighted by molar-refractivity contribution is 5.80. The minimum atomic E-state index is -0.698. The lowest BCUT2D eigenvalue weighted by Gasteiger charge is -2.34. The van der Waals surface area contributed by atoms with E-state index in [0.717, 1.165) is 32.2 Å². The van der Waals surface area contributed by atoms with Crippen molar-refractivity contribution in [2.24, 2.45) is 17.8 Å². The molecule has 2 aliphatic rings. The maximum absolute atomic E-state index is 12.8. The Kier molecular flexibility index (Phi) is 5.65. The molecule has 0 radical (unpaired) electrons. The van der Waals surface area contributed by atoms with Gasteiger partial charge in [-0.25, -0.2) is 0 Å². The maximum atomic E-state index is 12.8. The van der Waals surface area contributed by atoms with Crippen LogP contribution in [0.4, 0.5) is 0 Å². The van der Waals surface area contributed by atoms with Gasteiger partial charge in [0, 0.05) is 18.5 Å². The molecule has 21 heavy (non-hydrogen) atoms. The van der Waals surface area contributed by atoms with Crippen LogP contribution in [0.3, 0.4) is 0 Å². The van der Waals surface area contributed by atoms with Gasteiger partial charge in [-0.15, -0.1) is 0 Å². The van der Waals surface area contributed by atoms with E-state index in [9.17, 15) is 9.59 Å². The van der Waals surface area contributed by atoms with Crippen molar-refractivity contribution >= 4 is 11.9 Å². The van der Waals surface area contributed by atoms with Crippen molar-refractivity contribution in [2.75, 3.05) is 6.54 Å². The van der Waals surface area contributed by atoms with E-state index in [-0.39, 0.29) is 11.8 Å². The molecule has 4 heteroatoms. The first-order valence-electron chi connectivity index (χ1n) is 8.57. The molecule has 2 fully saturated rings. The highest BCUT2D eigenvalue weighted by atomic mass is 16.4. The molecular weight excluding hydrogens is 266 g/mol. The quantitative estimate of drug-likeness (QED) is 0.846. The minimum absolute atomic E-state index is 0.0648. The van der Waals surface area contributed by atoms with Crippen molar-refractivity contribution in [2.45, 2.75) is 71.3 Å². The summed E-state index contributed by atoms with van der Waals surface area (Å²) in [5.74, 6) is 0.00934. The first kappa shape index (κ1) is 16.3. The van der Waals surface area contributed by atoms with Crippen LogP contribution in [0.25, 0.3) is 0 Å². The van der Waals surface area contributed by atoms with E-state index in [0.29, 0.717) is 30.7 Å². The second-order valence-electron chi connectivity index (χ2n) is 6.89. The Labute approximate surface area is 127 Å². The fraction of sp³-hybridized carbons (Fsp3) is 0.882. The summed E-state index contributed by atoms with van der Waals surface area (Å²) in [7, 11) is 0. The Hall–Kier alpha value is -1.06. The van der Waals surface area contributed by atoms with E-state index >= 15 is 0 Å². The van der Waals surface area contributed by atoms with Gasteiger partial charge in [-0.2, -0.15) is 0 Å². The summed E-state index contributed by atoms with van der Waals surface area (Å²) >= 11 is 0. The van der Waals surface area contributed by atoms with Gasteiger partial charge in [0.25, 0.3) is 0 Å². The Balaban J connectivity index is 1.92. The summed E-state index contributed by atoms with van der Waals surface area (Å²) in [5, 5.41) is 9.05. The summed E-state index contributed by atoms with van der Waals surface area (Å²) in [5.41, 5.74) is 0. The number of nitrogens with zero attached hydrogens (tertiary/aromatic N) is 1. The first-order valence-corrected chi connectivity index (χ1v) is 8.57. The molecular formula is C17H29NO3. The molecule has 1 aliphatic heterocycles. The monoisotopic (exact) mass is 295 g/mol. The fourth-order valence-corrected chi connectivity index (χ4v) is 4.13. The predicted octanol–water partition coefficient (Wildman–Crippen LogP) is 3.30. The summed E-state index contributed by atoms with van der Waals surface area (Å²) in [4.78, 5) is 25.9. The van der Waals surface area contributed by atoms with Gasteiger partial charge in [0.1, 0.15) is 0 Å². The van der Waals surface area contributed by atoms with Gasteiger partial charge >= 0.3 is 5.97 Å². The van der Waals surface area contributed by atoms with Crippen molar-refractivity contribution in [3.8, 4) is 0 Å². The van der Waals surface area contributed by atoms with E-state index in [2.05, 4.69) is 18.7 Å². The number of aliphatic carboxylic acids is 1. The second-order valence-corrected chi connectivity index (χ2v) is 6.89. The van der Waals surface area contributed by atoms with E-state index in [1.165, 1.54) is 12.8 Å². The third kappa shape index (κ3) is 3.78. The van der Waals surface area contributed by atoms with Crippen LogP contribution in [-0.2, 0) is 9.59 Å². The molecule has 2 rings (SSSR count). The summed E-state index contributed by atoms with van der Waals surface area (Å²) in [6, 6.07) is 0.412. The predicted molar refractivity (Wildman–Crippen MR) is 81.9 cm³/mol. The molecule has 1 saturated heterocycles. The van der Waals surface area contributed by atoms with Gasteiger partial charge in [0.2, 0.25) is 5.91 Å². The smallest absolute Gasteiger partial charge is 0.306 e. The number of likely N-dealkylation sites (tertiary alicyclic amines) is 1. The second kappa shape index (κ2) is 7.28. The lowest BCUT2D eigenvalue weighted by Crippen LogP contribution is -2.43. The van der Waals surface area contributed by atoms with Gasteiger partial charge in [-0.05, 0) is 50.9 Å².